The Labute approximate surface area is 122 Å². The van der Waals surface area contributed by atoms with Gasteiger partial charge in [0.2, 0.25) is 0 Å². The van der Waals surface area contributed by atoms with Crippen LogP contribution in [-0.4, -0.2) is 11.5 Å². The largest absolute Gasteiger partial charge is 0.179 e. The predicted molar refractivity (Wildman–Crippen MR) is 84.2 cm³/mol. The third kappa shape index (κ3) is 3.93. The van der Waals surface area contributed by atoms with Crippen molar-refractivity contribution in [2.45, 2.75) is 37.0 Å². The van der Waals surface area contributed by atoms with Gasteiger partial charge in [0.1, 0.15) is 0 Å². The van der Waals surface area contributed by atoms with Crippen molar-refractivity contribution in [1.82, 2.24) is 0 Å². The molecule has 0 aliphatic heterocycles. The van der Waals surface area contributed by atoms with E-state index in [2.05, 4.69) is 52.8 Å². The van der Waals surface area contributed by atoms with E-state index in [0.717, 1.165) is 5.75 Å². The lowest BCUT2D eigenvalue weighted by Crippen LogP contribution is -2.28. The fraction of sp³-hybridized carbons (Fsp3) is 0.571. The molecule has 2 rings (SSSR count). The molecule has 1 aromatic carbocycles. The number of halogens is 1. The van der Waals surface area contributed by atoms with Gasteiger partial charge in [-0.25, -0.2) is 0 Å². The first-order valence-corrected chi connectivity index (χ1v) is 8.64. The average molecular weight is 331 g/mol. The van der Waals surface area contributed by atoms with Gasteiger partial charge in [0, 0.05) is 15.1 Å². The van der Waals surface area contributed by atoms with Crippen molar-refractivity contribution in [1.29, 1.82) is 0 Å². The molecule has 0 bridgehead atoms. The summed E-state index contributed by atoms with van der Waals surface area (Å²) in [7, 11) is 0. The molecule has 1 saturated carbocycles. The normalized spacial score (nSPS) is 19.2. The second-order valence-electron chi connectivity index (χ2n) is 4.96. The molecular formula is C14H19BrS2. The molecule has 0 atom stereocenters. The first-order chi connectivity index (χ1) is 8.24. The number of thiol groups is 1. The summed E-state index contributed by atoms with van der Waals surface area (Å²) >= 11 is 10.1. The van der Waals surface area contributed by atoms with E-state index in [4.69, 9.17) is 0 Å². The molecule has 0 amide bonds. The van der Waals surface area contributed by atoms with Crippen LogP contribution in [0.3, 0.4) is 0 Å². The van der Waals surface area contributed by atoms with E-state index in [1.54, 1.807) is 0 Å². The number of hydrogen-bond acceptors (Lipinski definition) is 2. The van der Waals surface area contributed by atoms with E-state index < -0.39 is 0 Å². The monoisotopic (exact) mass is 330 g/mol. The Morgan fingerprint density at radius 2 is 2.00 bits per heavy atom. The van der Waals surface area contributed by atoms with Crippen LogP contribution in [0.15, 0.2) is 33.6 Å². The van der Waals surface area contributed by atoms with Crippen molar-refractivity contribution in [3.05, 3.63) is 28.7 Å². The molecule has 94 valence electrons. The van der Waals surface area contributed by atoms with Crippen molar-refractivity contribution in [2.75, 3.05) is 11.5 Å². The van der Waals surface area contributed by atoms with Crippen LogP contribution in [0.25, 0.3) is 0 Å². The Morgan fingerprint density at radius 3 is 2.65 bits per heavy atom. The summed E-state index contributed by atoms with van der Waals surface area (Å²) in [5.74, 6) is 2.25. The van der Waals surface area contributed by atoms with Crippen molar-refractivity contribution in [2.24, 2.45) is 5.41 Å². The van der Waals surface area contributed by atoms with Crippen LogP contribution in [0.1, 0.15) is 32.1 Å². The molecule has 3 heteroatoms. The van der Waals surface area contributed by atoms with Gasteiger partial charge in [-0.1, -0.05) is 41.3 Å². The van der Waals surface area contributed by atoms with Gasteiger partial charge < -0.3 is 0 Å². The molecule has 1 aliphatic carbocycles. The highest BCUT2D eigenvalue weighted by molar-refractivity contribution is 9.10. The molecule has 0 aromatic heterocycles. The molecule has 0 saturated heterocycles. The highest BCUT2D eigenvalue weighted by Crippen LogP contribution is 2.41. The van der Waals surface area contributed by atoms with Crippen LogP contribution >= 0.6 is 40.3 Å². The first kappa shape index (κ1) is 13.8. The molecule has 0 heterocycles. The minimum absolute atomic E-state index is 0.481. The molecule has 1 aromatic rings. The molecule has 1 fully saturated rings. The third-order valence-corrected chi connectivity index (χ3v) is 6.10. The Balaban J connectivity index is 1.95. The molecule has 0 unspecified atom stereocenters. The highest BCUT2D eigenvalue weighted by Gasteiger charge is 2.30. The summed E-state index contributed by atoms with van der Waals surface area (Å²) < 4.78 is 1.17. The molecule has 0 radical (unpaired) electrons. The summed E-state index contributed by atoms with van der Waals surface area (Å²) in [6, 6.07) is 8.60. The lowest BCUT2D eigenvalue weighted by Gasteiger charge is -2.35. The Morgan fingerprint density at radius 1 is 1.24 bits per heavy atom. The van der Waals surface area contributed by atoms with E-state index in [0.29, 0.717) is 5.41 Å². The van der Waals surface area contributed by atoms with Gasteiger partial charge >= 0.3 is 0 Å². The van der Waals surface area contributed by atoms with E-state index >= 15 is 0 Å². The van der Waals surface area contributed by atoms with Gasteiger partial charge in [-0.05, 0) is 42.2 Å². The maximum atomic E-state index is 4.59. The average Bonchev–Trinajstić information content (AvgIpc) is 2.38. The summed E-state index contributed by atoms with van der Waals surface area (Å²) in [6.07, 6.45) is 6.91. The van der Waals surface area contributed by atoms with Gasteiger partial charge in [0.05, 0.1) is 0 Å². The maximum absolute atomic E-state index is 4.59. The standard InChI is InChI=1S/C14H19BrS2/c15-12-5-4-6-13(9-12)17-11-14(10-16)7-2-1-3-8-14/h4-6,9,16H,1-3,7-8,10-11H2. The number of thioether (sulfide) groups is 1. The Bertz CT molecular complexity index is 359. The molecule has 1 aliphatic rings. The van der Waals surface area contributed by atoms with E-state index in [9.17, 15) is 0 Å². The van der Waals surface area contributed by atoms with E-state index in [1.165, 1.54) is 47.2 Å². The van der Waals surface area contributed by atoms with Gasteiger partial charge in [0.15, 0.2) is 0 Å². The van der Waals surface area contributed by atoms with Crippen LogP contribution in [0.5, 0.6) is 0 Å². The van der Waals surface area contributed by atoms with Gasteiger partial charge in [-0.2, -0.15) is 12.6 Å². The number of benzene rings is 1. The zero-order valence-electron chi connectivity index (χ0n) is 9.99. The third-order valence-electron chi connectivity index (χ3n) is 3.59. The van der Waals surface area contributed by atoms with Crippen LogP contribution < -0.4 is 0 Å². The zero-order chi connectivity index (χ0) is 12.1. The summed E-state index contributed by atoms with van der Waals surface area (Å²) in [6.45, 7) is 0. The summed E-state index contributed by atoms with van der Waals surface area (Å²) in [4.78, 5) is 1.37. The molecule has 0 nitrogen and oxygen atoms in total. The predicted octanol–water partition coefficient (Wildman–Crippen LogP) is 5.42. The van der Waals surface area contributed by atoms with Crippen molar-refractivity contribution >= 4 is 40.3 Å². The molecule has 17 heavy (non-hydrogen) atoms. The first-order valence-electron chi connectivity index (χ1n) is 6.23. The number of rotatable bonds is 4. The zero-order valence-corrected chi connectivity index (χ0v) is 13.3. The second-order valence-corrected chi connectivity index (χ2v) is 7.25. The Hall–Kier alpha value is 0.400. The van der Waals surface area contributed by atoms with Crippen LogP contribution in [0.4, 0.5) is 0 Å². The number of hydrogen-bond donors (Lipinski definition) is 1. The van der Waals surface area contributed by atoms with E-state index in [1.807, 2.05) is 11.8 Å². The molecule has 0 N–H and O–H groups in total. The minimum Gasteiger partial charge on any atom is -0.179 e. The highest BCUT2D eigenvalue weighted by atomic mass is 79.9. The van der Waals surface area contributed by atoms with E-state index in [-0.39, 0.29) is 0 Å². The van der Waals surface area contributed by atoms with Gasteiger partial charge in [-0.15, -0.1) is 11.8 Å². The molecular weight excluding hydrogens is 312 g/mol. The van der Waals surface area contributed by atoms with Crippen molar-refractivity contribution < 1.29 is 0 Å². The summed E-state index contributed by atoms with van der Waals surface area (Å²) in [5.41, 5.74) is 0.481. The lowest BCUT2D eigenvalue weighted by atomic mass is 9.77. The van der Waals surface area contributed by atoms with Crippen LogP contribution in [0, 0.1) is 5.41 Å². The quantitative estimate of drug-likeness (QED) is 0.568. The van der Waals surface area contributed by atoms with Crippen LogP contribution in [-0.2, 0) is 0 Å². The topological polar surface area (TPSA) is 0 Å². The molecule has 0 spiro atoms. The SMILES string of the molecule is SCC1(CSc2cccc(Br)c2)CCCCC1. The fourth-order valence-corrected chi connectivity index (χ4v) is 4.82. The van der Waals surface area contributed by atoms with Gasteiger partial charge in [0.25, 0.3) is 0 Å². The smallest absolute Gasteiger partial charge is 0.0186 e. The van der Waals surface area contributed by atoms with Gasteiger partial charge in [-0.3, -0.25) is 0 Å². The maximum Gasteiger partial charge on any atom is 0.0186 e. The van der Waals surface area contributed by atoms with Crippen LogP contribution in [0.2, 0.25) is 0 Å². The minimum atomic E-state index is 0.481. The van der Waals surface area contributed by atoms with Crippen molar-refractivity contribution in [3.8, 4) is 0 Å². The Kier molecular flexibility index (Phi) is 5.31. The second kappa shape index (κ2) is 6.53. The summed E-state index contributed by atoms with van der Waals surface area (Å²) in [5, 5.41) is 0. The van der Waals surface area contributed by atoms with Crippen molar-refractivity contribution in [3.63, 3.8) is 0 Å². The fourth-order valence-electron chi connectivity index (χ4n) is 2.44. The lowest BCUT2D eigenvalue weighted by molar-refractivity contribution is 0.259.